The van der Waals surface area contributed by atoms with E-state index in [9.17, 15) is 4.79 Å². The quantitative estimate of drug-likeness (QED) is 0.643. The molecule has 0 aliphatic carbocycles. The Morgan fingerprint density at radius 3 is 2.59 bits per heavy atom. The van der Waals surface area contributed by atoms with Crippen LogP contribution in [-0.2, 0) is 4.79 Å². The van der Waals surface area contributed by atoms with E-state index < -0.39 is 5.91 Å². The van der Waals surface area contributed by atoms with Gasteiger partial charge in [-0.3, -0.25) is 4.79 Å². The van der Waals surface area contributed by atoms with E-state index in [4.69, 9.17) is 40.2 Å². The molecule has 1 rings (SSSR count). The van der Waals surface area contributed by atoms with Crippen LogP contribution in [0, 0.1) is 12.3 Å². The van der Waals surface area contributed by atoms with Gasteiger partial charge in [0.2, 0.25) is 0 Å². The van der Waals surface area contributed by atoms with Crippen molar-refractivity contribution in [2.24, 2.45) is 0 Å². The third-order valence-corrected chi connectivity index (χ3v) is 3.15. The number of halogens is 3. The van der Waals surface area contributed by atoms with Crippen molar-refractivity contribution in [3.05, 3.63) is 38.8 Å². The van der Waals surface area contributed by atoms with Gasteiger partial charge in [-0.1, -0.05) is 34.8 Å². The fourth-order valence-electron chi connectivity index (χ4n) is 1.08. The molecular weight excluding hydrogens is 282 g/mol. The number of allylic oxidation sites excluding steroid dienone is 1. The summed E-state index contributed by atoms with van der Waals surface area (Å²) >= 11 is 17.1. The zero-order chi connectivity index (χ0) is 13.0. The molecule has 0 heterocycles. The highest BCUT2D eigenvalue weighted by molar-refractivity contribution is 6.53. The number of benzene rings is 1. The van der Waals surface area contributed by atoms with Crippen molar-refractivity contribution in [3.63, 3.8) is 0 Å². The van der Waals surface area contributed by atoms with Crippen LogP contribution in [-0.4, -0.2) is 12.1 Å². The van der Waals surface area contributed by atoms with Gasteiger partial charge in [0.1, 0.15) is 5.03 Å². The lowest BCUT2D eigenvalue weighted by atomic mass is 10.2. The van der Waals surface area contributed by atoms with Gasteiger partial charge >= 0.3 is 0 Å². The van der Waals surface area contributed by atoms with Gasteiger partial charge in [-0.2, -0.15) is 0 Å². The van der Waals surface area contributed by atoms with Crippen molar-refractivity contribution in [3.8, 4) is 0 Å². The molecule has 0 bridgehead atoms. The normalized spacial score (nSPS) is 11.8. The summed E-state index contributed by atoms with van der Waals surface area (Å²) in [6.07, 6.45) is 0.802. The van der Waals surface area contributed by atoms with Crippen molar-refractivity contribution in [2.45, 2.75) is 6.92 Å². The van der Waals surface area contributed by atoms with Gasteiger partial charge in [-0.15, -0.1) is 0 Å². The zero-order valence-electron chi connectivity index (χ0n) is 8.85. The van der Waals surface area contributed by atoms with Crippen LogP contribution in [0.5, 0.6) is 0 Å². The van der Waals surface area contributed by atoms with Crippen LogP contribution in [0.1, 0.15) is 5.56 Å². The van der Waals surface area contributed by atoms with Crippen molar-refractivity contribution < 1.29 is 4.79 Å². The number of nitrogens with one attached hydrogen (secondary N) is 2. The third-order valence-electron chi connectivity index (χ3n) is 1.95. The predicted molar refractivity (Wildman–Crippen MR) is 72.3 cm³/mol. The molecule has 6 heteroatoms. The maximum atomic E-state index is 11.6. The van der Waals surface area contributed by atoms with Crippen molar-refractivity contribution >= 4 is 52.6 Å². The molecule has 0 aliphatic rings. The maximum Gasteiger partial charge on any atom is 0.268 e. The first kappa shape index (κ1) is 14.0. The van der Waals surface area contributed by atoms with Gasteiger partial charge in [0.05, 0.1) is 5.03 Å². The molecule has 0 aromatic heterocycles. The Balaban J connectivity index is 2.89. The summed E-state index contributed by atoms with van der Waals surface area (Å²) in [6, 6.07) is 5.03. The lowest BCUT2D eigenvalue weighted by molar-refractivity contribution is -0.112. The summed E-state index contributed by atoms with van der Waals surface area (Å²) < 4.78 is 0. The van der Waals surface area contributed by atoms with Crippen LogP contribution in [0.2, 0.25) is 5.02 Å². The highest BCUT2D eigenvalue weighted by Crippen LogP contribution is 2.21. The Labute approximate surface area is 114 Å². The molecule has 0 spiro atoms. The molecule has 1 amide bonds. The molecule has 1 aromatic rings. The molecule has 90 valence electrons. The lowest BCUT2D eigenvalue weighted by Crippen LogP contribution is -2.12. The summed E-state index contributed by atoms with van der Waals surface area (Å²) in [6.45, 7) is 1.82. The molecule has 0 saturated heterocycles. The van der Waals surface area contributed by atoms with E-state index in [0.717, 1.165) is 11.8 Å². The Kier molecular flexibility index (Phi) is 5.00. The lowest BCUT2D eigenvalue weighted by Gasteiger charge is -2.06. The van der Waals surface area contributed by atoms with E-state index in [1.54, 1.807) is 18.2 Å². The Morgan fingerprint density at radius 2 is 2.06 bits per heavy atom. The number of carbonyl (C=O) groups excluding carboxylic acids is 1. The van der Waals surface area contributed by atoms with Crippen molar-refractivity contribution in [1.82, 2.24) is 0 Å². The second-order valence-electron chi connectivity index (χ2n) is 3.22. The number of carbonyl (C=O) groups is 1. The van der Waals surface area contributed by atoms with Gasteiger partial charge in [-0.05, 0) is 30.7 Å². The highest BCUT2D eigenvalue weighted by Gasteiger charge is 2.11. The number of hydrogen-bond donors (Lipinski definition) is 2. The molecule has 0 aliphatic heterocycles. The molecular formula is C11H9Cl3N2O. The van der Waals surface area contributed by atoms with E-state index in [-0.39, 0.29) is 10.1 Å². The summed E-state index contributed by atoms with van der Waals surface area (Å²) in [5, 5.41) is 9.70. The number of rotatable bonds is 3. The fraction of sp³-hybridized carbons (Fsp3) is 0.0909. The summed E-state index contributed by atoms with van der Waals surface area (Å²) in [7, 11) is 0. The van der Waals surface area contributed by atoms with Crippen LogP contribution in [0.3, 0.4) is 0 Å². The van der Waals surface area contributed by atoms with E-state index in [0.29, 0.717) is 10.7 Å². The zero-order valence-corrected chi connectivity index (χ0v) is 11.1. The second kappa shape index (κ2) is 6.05. The molecule has 1 aromatic carbocycles. The second-order valence-corrected chi connectivity index (χ2v) is 4.42. The smallest absolute Gasteiger partial charge is 0.268 e. The largest absolute Gasteiger partial charge is 0.321 e. The molecule has 2 N–H and O–H groups in total. The number of aryl methyl sites for hydroxylation is 1. The average molecular weight is 292 g/mol. The van der Waals surface area contributed by atoms with E-state index in [1.807, 2.05) is 6.92 Å². The molecule has 0 unspecified atom stereocenters. The molecule has 17 heavy (non-hydrogen) atoms. The minimum atomic E-state index is -0.568. The van der Waals surface area contributed by atoms with Gasteiger partial charge in [0.25, 0.3) is 5.91 Å². The molecule has 0 fully saturated rings. The summed E-state index contributed by atoms with van der Waals surface area (Å²) in [4.78, 5) is 11.6. The van der Waals surface area contributed by atoms with Crippen LogP contribution in [0.25, 0.3) is 0 Å². The predicted octanol–water partition coefficient (Wildman–Crippen LogP) is 3.93. The number of amides is 1. The standard InChI is InChI=1S/C11H9Cl3N2O/c1-6-4-7(2-3-8(6)12)16-11(17)10(14)9(13)5-15/h2-5,15H,1H3,(H,16,17)/b10-9-,15-5?. The molecule has 0 atom stereocenters. The molecule has 0 saturated carbocycles. The Morgan fingerprint density at radius 1 is 1.41 bits per heavy atom. The van der Waals surface area contributed by atoms with Gasteiger partial charge in [0.15, 0.2) is 0 Å². The maximum absolute atomic E-state index is 11.6. The first-order chi connectivity index (χ1) is 7.95. The third kappa shape index (κ3) is 3.73. The minimum Gasteiger partial charge on any atom is -0.321 e. The van der Waals surface area contributed by atoms with Crippen LogP contribution >= 0.6 is 34.8 Å². The first-order valence-corrected chi connectivity index (χ1v) is 5.72. The summed E-state index contributed by atoms with van der Waals surface area (Å²) in [5.74, 6) is -0.568. The van der Waals surface area contributed by atoms with Gasteiger partial charge < -0.3 is 10.7 Å². The van der Waals surface area contributed by atoms with Gasteiger partial charge in [0, 0.05) is 16.9 Å². The minimum absolute atomic E-state index is 0.116. The number of hydrogen-bond acceptors (Lipinski definition) is 2. The topological polar surface area (TPSA) is 53.0 Å². The van der Waals surface area contributed by atoms with Crippen LogP contribution in [0.4, 0.5) is 5.69 Å². The Bertz CT molecular complexity index is 497. The molecule has 0 radical (unpaired) electrons. The van der Waals surface area contributed by atoms with E-state index in [1.165, 1.54) is 0 Å². The SMILES string of the molecule is Cc1cc(NC(=O)/C(Cl)=C(/Cl)C=N)ccc1Cl. The van der Waals surface area contributed by atoms with Gasteiger partial charge in [-0.25, -0.2) is 0 Å². The van der Waals surface area contributed by atoms with Crippen molar-refractivity contribution in [2.75, 3.05) is 5.32 Å². The van der Waals surface area contributed by atoms with Crippen LogP contribution in [0.15, 0.2) is 28.3 Å². The van der Waals surface area contributed by atoms with Crippen molar-refractivity contribution in [1.29, 1.82) is 5.41 Å². The monoisotopic (exact) mass is 290 g/mol. The highest BCUT2D eigenvalue weighted by atomic mass is 35.5. The van der Waals surface area contributed by atoms with Crippen LogP contribution < -0.4 is 5.32 Å². The van der Waals surface area contributed by atoms with E-state index in [2.05, 4.69) is 5.32 Å². The Hall–Kier alpha value is -1.03. The first-order valence-electron chi connectivity index (χ1n) is 4.59. The fourth-order valence-corrected chi connectivity index (χ4v) is 1.39. The summed E-state index contributed by atoms with van der Waals surface area (Å²) in [5.41, 5.74) is 1.40. The van der Waals surface area contributed by atoms with E-state index >= 15 is 0 Å². The average Bonchev–Trinajstić information content (AvgIpc) is 2.31. The number of anilines is 1. The molecule has 3 nitrogen and oxygen atoms in total.